The van der Waals surface area contributed by atoms with Gasteiger partial charge >= 0.3 is 0 Å². The molecule has 1 N–H and O–H groups in total. The number of aromatic nitrogens is 2. The third-order valence-corrected chi connectivity index (χ3v) is 3.79. The lowest BCUT2D eigenvalue weighted by atomic mass is 10.0. The topological polar surface area (TPSA) is 58.1 Å². The Hall–Kier alpha value is -2.50. The lowest BCUT2D eigenvalue weighted by Crippen LogP contribution is -2.45. The number of anilines is 1. The van der Waals surface area contributed by atoms with Crippen LogP contribution in [0.3, 0.4) is 0 Å². The van der Waals surface area contributed by atoms with Gasteiger partial charge in [-0.2, -0.15) is 0 Å². The summed E-state index contributed by atoms with van der Waals surface area (Å²) in [5.41, 5.74) is 0.556. The maximum atomic E-state index is 13.7. The highest BCUT2D eigenvalue weighted by Crippen LogP contribution is 2.20. The monoisotopic (exact) mass is 300 g/mol. The first-order valence-corrected chi connectivity index (χ1v) is 7.30. The van der Waals surface area contributed by atoms with Crippen molar-refractivity contribution < 1.29 is 9.18 Å². The molecule has 0 saturated carbocycles. The molecule has 0 bridgehead atoms. The standard InChI is InChI=1S/C16H17FN4O/c17-14-4-2-8-19-15(14)21-9-5-13(6-10-21)20-16(22)12-3-1-7-18-11-12/h1-4,7-8,11,13H,5-6,9-10H2,(H,20,22). The second kappa shape index (κ2) is 6.51. The summed E-state index contributed by atoms with van der Waals surface area (Å²) in [6.07, 6.45) is 6.31. The Morgan fingerprint density at radius 1 is 1.23 bits per heavy atom. The van der Waals surface area contributed by atoms with E-state index >= 15 is 0 Å². The molecular weight excluding hydrogens is 283 g/mol. The second-order valence-electron chi connectivity index (χ2n) is 5.29. The van der Waals surface area contributed by atoms with E-state index in [2.05, 4.69) is 15.3 Å². The van der Waals surface area contributed by atoms with E-state index in [1.807, 2.05) is 4.90 Å². The van der Waals surface area contributed by atoms with Crippen LogP contribution in [0.5, 0.6) is 0 Å². The van der Waals surface area contributed by atoms with Gasteiger partial charge in [-0.1, -0.05) is 0 Å². The molecule has 1 aliphatic heterocycles. The van der Waals surface area contributed by atoms with Crippen LogP contribution in [0.2, 0.25) is 0 Å². The fourth-order valence-corrected chi connectivity index (χ4v) is 2.61. The fourth-order valence-electron chi connectivity index (χ4n) is 2.61. The van der Waals surface area contributed by atoms with Crippen LogP contribution in [0, 0.1) is 5.82 Å². The molecule has 0 radical (unpaired) electrons. The van der Waals surface area contributed by atoms with Crippen LogP contribution < -0.4 is 10.2 Å². The van der Waals surface area contributed by atoms with Gasteiger partial charge in [-0.25, -0.2) is 9.37 Å². The minimum Gasteiger partial charge on any atom is -0.354 e. The van der Waals surface area contributed by atoms with Gasteiger partial charge in [-0.3, -0.25) is 9.78 Å². The molecule has 1 aliphatic rings. The molecular formula is C16H17FN4O. The molecule has 3 rings (SSSR count). The lowest BCUT2D eigenvalue weighted by Gasteiger charge is -2.33. The zero-order chi connectivity index (χ0) is 15.4. The van der Waals surface area contributed by atoms with Crippen molar-refractivity contribution in [3.63, 3.8) is 0 Å². The molecule has 2 aromatic heterocycles. The quantitative estimate of drug-likeness (QED) is 0.942. The van der Waals surface area contributed by atoms with Gasteiger partial charge in [0.2, 0.25) is 0 Å². The first-order valence-electron chi connectivity index (χ1n) is 7.30. The summed E-state index contributed by atoms with van der Waals surface area (Å²) < 4.78 is 13.7. The van der Waals surface area contributed by atoms with Gasteiger partial charge in [0.1, 0.15) is 0 Å². The van der Waals surface area contributed by atoms with Gasteiger partial charge < -0.3 is 10.2 Å². The van der Waals surface area contributed by atoms with E-state index in [1.54, 1.807) is 36.8 Å². The number of nitrogens with zero attached hydrogens (tertiary/aromatic N) is 3. The van der Waals surface area contributed by atoms with Crippen molar-refractivity contribution in [2.45, 2.75) is 18.9 Å². The SMILES string of the molecule is O=C(NC1CCN(c2ncccc2F)CC1)c1cccnc1. The van der Waals surface area contributed by atoms with Gasteiger partial charge in [0.15, 0.2) is 11.6 Å². The van der Waals surface area contributed by atoms with Crippen molar-refractivity contribution in [1.82, 2.24) is 15.3 Å². The number of carbonyl (C=O) groups excluding carboxylic acids is 1. The van der Waals surface area contributed by atoms with Crippen molar-refractivity contribution in [2.75, 3.05) is 18.0 Å². The molecule has 0 aromatic carbocycles. The number of hydrogen-bond acceptors (Lipinski definition) is 4. The summed E-state index contributed by atoms with van der Waals surface area (Å²) >= 11 is 0. The Kier molecular flexibility index (Phi) is 4.27. The highest BCUT2D eigenvalue weighted by Gasteiger charge is 2.23. The van der Waals surface area contributed by atoms with Crippen LogP contribution in [-0.2, 0) is 0 Å². The molecule has 0 atom stereocenters. The lowest BCUT2D eigenvalue weighted by molar-refractivity contribution is 0.0930. The predicted molar refractivity (Wildman–Crippen MR) is 81.1 cm³/mol. The number of carbonyl (C=O) groups is 1. The highest BCUT2D eigenvalue weighted by atomic mass is 19.1. The van der Waals surface area contributed by atoms with Crippen molar-refractivity contribution in [3.05, 3.63) is 54.2 Å². The first-order chi connectivity index (χ1) is 10.7. The van der Waals surface area contributed by atoms with Crippen molar-refractivity contribution in [3.8, 4) is 0 Å². The third kappa shape index (κ3) is 3.21. The van der Waals surface area contributed by atoms with Gasteiger partial charge in [0.25, 0.3) is 5.91 Å². The predicted octanol–water partition coefficient (Wildman–Crippen LogP) is 2.01. The van der Waals surface area contributed by atoms with Crippen LogP contribution in [0.25, 0.3) is 0 Å². The maximum Gasteiger partial charge on any atom is 0.253 e. The molecule has 1 saturated heterocycles. The zero-order valence-electron chi connectivity index (χ0n) is 12.1. The molecule has 114 valence electrons. The summed E-state index contributed by atoms with van der Waals surface area (Å²) in [6, 6.07) is 6.57. The van der Waals surface area contributed by atoms with Crippen LogP contribution in [0.4, 0.5) is 10.2 Å². The minimum atomic E-state index is -0.305. The molecule has 1 fully saturated rings. The van der Waals surface area contributed by atoms with Gasteiger partial charge in [0, 0.05) is 37.7 Å². The summed E-state index contributed by atoms with van der Waals surface area (Å²) in [6.45, 7) is 1.35. The van der Waals surface area contributed by atoms with Crippen molar-refractivity contribution in [2.24, 2.45) is 0 Å². The first kappa shape index (κ1) is 14.4. The van der Waals surface area contributed by atoms with E-state index < -0.39 is 0 Å². The summed E-state index contributed by atoms with van der Waals surface area (Å²) in [5.74, 6) is -0.0320. The number of hydrogen-bond donors (Lipinski definition) is 1. The Labute approximate surface area is 128 Å². The van der Waals surface area contributed by atoms with E-state index in [9.17, 15) is 9.18 Å². The van der Waals surface area contributed by atoms with Crippen LogP contribution in [-0.4, -0.2) is 35.0 Å². The van der Waals surface area contributed by atoms with Gasteiger partial charge in [0.05, 0.1) is 5.56 Å². The largest absolute Gasteiger partial charge is 0.354 e. The number of nitrogens with one attached hydrogen (secondary N) is 1. The Morgan fingerprint density at radius 2 is 2.00 bits per heavy atom. The fraction of sp³-hybridized carbons (Fsp3) is 0.312. The average molecular weight is 300 g/mol. The van der Waals surface area contributed by atoms with E-state index in [1.165, 1.54) is 6.07 Å². The average Bonchev–Trinajstić information content (AvgIpc) is 2.57. The summed E-state index contributed by atoms with van der Waals surface area (Å²) in [5, 5.41) is 3.00. The maximum absolute atomic E-state index is 13.7. The Morgan fingerprint density at radius 3 is 2.68 bits per heavy atom. The Balaban J connectivity index is 1.56. The van der Waals surface area contributed by atoms with E-state index in [4.69, 9.17) is 0 Å². The molecule has 2 aromatic rings. The minimum absolute atomic E-state index is 0.0933. The smallest absolute Gasteiger partial charge is 0.253 e. The van der Waals surface area contributed by atoms with Crippen LogP contribution in [0.1, 0.15) is 23.2 Å². The van der Waals surface area contributed by atoms with E-state index in [0.717, 1.165) is 12.8 Å². The number of piperidine rings is 1. The van der Waals surface area contributed by atoms with E-state index in [-0.39, 0.29) is 17.8 Å². The van der Waals surface area contributed by atoms with Crippen LogP contribution in [0.15, 0.2) is 42.9 Å². The van der Waals surface area contributed by atoms with Gasteiger partial charge in [-0.05, 0) is 37.1 Å². The molecule has 0 spiro atoms. The number of amides is 1. The van der Waals surface area contributed by atoms with Gasteiger partial charge in [-0.15, -0.1) is 0 Å². The Bertz CT molecular complexity index is 642. The molecule has 5 nitrogen and oxygen atoms in total. The number of halogens is 1. The molecule has 22 heavy (non-hydrogen) atoms. The zero-order valence-corrected chi connectivity index (χ0v) is 12.1. The normalized spacial score (nSPS) is 15.6. The molecule has 1 amide bonds. The molecule has 3 heterocycles. The highest BCUT2D eigenvalue weighted by molar-refractivity contribution is 5.94. The number of rotatable bonds is 3. The van der Waals surface area contributed by atoms with Crippen LogP contribution >= 0.6 is 0 Å². The molecule has 0 unspecified atom stereocenters. The van der Waals surface area contributed by atoms with Crippen molar-refractivity contribution >= 4 is 11.7 Å². The molecule has 0 aliphatic carbocycles. The van der Waals surface area contributed by atoms with Crippen molar-refractivity contribution in [1.29, 1.82) is 0 Å². The summed E-state index contributed by atoms with van der Waals surface area (Å²) in [4.78, 5) is 22.0. The summed E-state index contributed by atoms with van der Waals surface area (Å²) in [7, 11) is 0. The number of pyridine rings is 2. The second-order valence-corrected chi connectivity index (χ2v) is 5.29. The third-order valence-electron chi connectivity index (χ3n) is 3.79. The van der Waals surface area contributed by atoms with E-state index in [0.29, 0.717) is 24.5 Å². The molecule has 6 heteroatoms.